The van der Waals surface area contributed by atoms with Crippen molar-refractivity contribution in [2.24, 2.45) is 0 Å². The Labute approximate surface area is 125 Å². The van der Waals surface area contributed by atoms with Crippen LogP contribution in [0.1, 0.15) is 5.56 Å². The van der Waals surface area contributed by atoms with Crippen LogP contribution in [0.15, 0.2) is 46.9 Å². The highest BCUT2D eigenvalue weighted by atomic mass is 79.9. The van der Waals surface area contributed by atoms with Gasteiger partial charge in [0.1, 0.15) is 0 Å². The molecule has 0 radical (unpaired) electrons. The minimum atomic E-state index is -0.302. The van der Waals surface area contributed by atoms with E-state index in [1.807, 2.05) is 37.3 Å². The molecule has 19 heavy (non-hydrogen) atoms. The van der Waals surface area contributed by atoms with Crippen molar-refractivity contribution >= 4 is 44.9 Å². The Bertz CT molecular complexity index is 616. The maximum Gasteiger partial charge on any atom is 0.323 e. The zero-order valence-corrected chi connectivity index (χ0v) is 12.5. The van der Waals surface area contributed by atoms with Gasteiger partial charge in [-0.15, -0.1) is 0 Å². The van der Waals surface area contributed by atoms with Gasteiger partial charge in [-0.3, -0.25) is 0 Å². The monoisotopic (exact) mass is 338 g/mol. The summed E-state index contributed by atoms with van der Waals surface area (Å²) in [5, 5.41) is 6.15. The molecule has 0 saturated heterocycles. The summed E-state index contributed by atoms with van der Waals surface area (Å²) >= 11 is 9.35. The molecule has 0 aliphatic heterocycles. The smallest absolute Gasteiger partial charge is 0.308 e. The fraction of sp³-hybridized carbons (Fsp3) is 0.0714. The second kappa shape index (κ2) is 6.08. The van der Waals surface area contributed by atoms with Crippen LogP contribution >= 0.6 is 27.5 Å². The first-order valence-corrected chi connectivity index (χ1v) is 6.82. The number of hydrogen-bond acceptors (Lipinski definition) is 1. The van der Waals surface area contributed by atoms with Crippen LogP contribution in [0.25, 0.3) is 0 Å². The third kappa shape index (κ3) is 3.72. The Kier molecular flexibility index (Phi) is 4.45. The van der Waals surface area contributed by atoms with Crippen LogP contribution in [-0.2, 0) is 0 Å². The lowest BCUT2D eigenvalue weighted by molar-refractivity contribution is 0.262. The van der Waals surface area contributed by atoms with Crippen molar-refractivity contribution in [3.8, 4) is 0 Å². The number of nitrogens with one attached hydrogen (secondary N) is 2. The van der Waals surface area contributed by atoms with E-state index in [1.54, 1.807) is 12.1 Å². The quantitative estimate of drug-likeness (QED) is 0.789. The van der Waals surface area contributed by atoms with Gasteiger partial charge in [-0.05, 0) is 42.8 Å². The predicted molar refractivity (Wildman–Crippen MR) is 83.0 cm³/mol. The fourth-order valence-corrected chi connectivity index (χ4v) is 2.17. The lowest BCUT2D eigenvalue weighted by Gasteiger charge is -2.10. The minimum Gasteiger partial charge on any atom is -0.308 e. The van der Waals surface area contributed by atoms with Gasteiger partial charge in [0.2, 0.25) is 0 Å². The van der Waals surface area contributed by atoms with Crippen molar-refractivity contribution in [1.29, 1.82) is 0 Å². The molecule has 2 aromatic rings. The number of carbonyl (C=O) groups excluding carboxylic acids is 1. The van der Waals surface area contributed by atoms with Crippen LogP contribution < -0.4 is 10.6 Å². The van der Waals surface area contributed by atoms with Crippen molar-refractivity contribution in [1.82, 2.24) is 0 Å². The molecule has 0 aromatic heterocycles. The molecule has 98 valence electrons. The van der Waals surface area contributed by atoms with E-state index in [0.29, 0.717) is 16.4 Å². The molecule has 2 N–H and O–H groups in total. The van der Waals surface area contributed by atoms with Gasteiger partial charge >= 0.3 is 6.03 Å². The zero-order valence-electron chi connectivity index (χ0n) is 10.2. The molecule has 0 bridgehead atoms. The second-order valence-electron chi connectivity index (χ2n) is 4.00. The number of amides is 2. The first kappa shape index (κ1) is 13.9. The second-order valence-corrected chi connectivity index (χ2v) is 5.32. The van der Waals surface area contributed by atoms with E-state index in [1.165, 1.54) is 0 Å². The van der Waals surface area contributed by atoms with Crippen LogP contribution in [0, 0.1) is 6.92 Å². The first-order chi connectivity index (χ1) is 9.06. The highest BCUT2D eigenvalue weighted by Crippen LogP contribution is 2.23. The number of carbonyl (C=O) groups is 1. The van der Waals surface area contributed by atoms with E-state index in [-0.39, 0.29) is 6.03 Å². The van der Waals surface area contributed by atoms with Crippen molar-refractivity contribution < 1.29 is 4.79 Å². The highest BCUT2D eigenvalue weighted by molar-refractivity contribution is 9.10. The van der Waals surface area contributed by atoms with Gasteiger partial charge in [0.05, 0.1) is 0 Å². The zero-order chi connectivity index (χ0) is 13.8. The third-order valence-electron chi connectivity index (χ3n) is 2.60. The van der Waals surface area contributed by atoms with E-state index >= 15 is 0 Å². The molecule has 0 atom stereocenters. The normalized spacial score (nSPS) is 10.1. The van der Waals surface area contributed by atoms with Crippen molar-refractivity contribution in [2.45, 2.75) is 6.92 Å². The van der Waals surface area contributed by atoms with E-state index in [9.17, 15) is 4.79 Å². The van der Waals surface area contributed by atoms with Gasteiger partial charge < -0.3 is 10.6 Å². The fourth-order valence-electron chi connectivity index (χ4n) is 1.59. The van der Waals surface area contributed by atoms with E-state index in [4.69, 9.17) is 11.6 Å². The molecule has 2 aromatic carbocycles. The predicted octanol–water partition coefficient (Wildman–Crippen LogP) is 5.05. The van der Waals surface area contributed by atoms with Crippen molar-refractivity contribution in [3.05, 3.63) is 57.5 Å². The highest BCUT2D eigenvalue weighted by Gasteiger charge is 2.06. The van der Waals surface area contributed by atoms with Crippen LogP contribution in [0.3, 0.4) is 0 Å². The lowest BCUT2D eigenvalue weighted by atomic mass is 10.2. The summed E-state index contributed by atoms with van der Waals surface area (Å²) in [7, 11) is 0. The molecule has 0 fully saturated rings. The maximum absolute atomic E-state index is 11.9. The Balaban J connectivity index is 2.08. The van der Waals surface area contributed by atoms with Crippen LogP contribution in [-0.4, -0.2) is 6.03 Å². The van der Waals surface area contributed by atoms with Crippen LogP contribution in [0.4, 0.5) is 16.2 Å². The molecule has 0 unspecified atom stereocenters. The van der Waals surface area contributed by atoms with E-state index in [2.05, 4.69) is 26.6 Å². The number of urea groups is 1. The lowest BCUT2D eigenvalue weighted by Crippen LogP contribution is -2.19. The number of rotatable bonds is 2. The summed E-state index contributed by atoms with van der Waals surface area (Å²) < 4.78 is 0.907. The molecule has 0 heterocycles. The average molecular weight is 340 g/mol. The molecule has 0 spiro atoms. The molecule has 0 aliphatic carbocycles. The average Bonchev–Trinajstić information content (AvgIpc) is 2.35. The molecule has 2 amide bonds. The Hall–Kier alpha value is -1.52. The summed E-state index contributed by atoms with van der Waals surface area (Å²) in [5.74, 6) is 0. The van der Waals surface area contributed by atoms with Crippen LogP contribution in [0.2, 0.25) is 5.02 Å². The molecule has 2 rings (SSSR count). The summed E-state index contributed by atoms with van der Waals surface area (Å²) in [5.41, 5.74) is 2.25. The van der Waals surface area contributed by atoms with Gasteiger partial charge in [-0.25, -0.2) is 4.79 Å². The van der Waals surface area contributed by atoms with Gasteiger partial charge in [0, 0.05) is 20.9 Å². The van der Waals surface area contributed by atoms with E-state index < -0.39 is 0 Å². The minimum absolute atomic E-state index is 0.302. The Morgan fingerprint density at radius 1 is 1.16 bits per heavy atom. The molecular formula is C14H12BrClN2O. The number of halogens is 2. The third-order valence-corrected chi connectivity index (χ3v) is 3.50. The topological polar surface area (TPSA) is 41.1 Å². The van der Waals surface area contributed by atoms with E-state index in [0.717, 1.165) is 10.0 Å². The van der Waals surface area contributed by atoms with Crippen molar-refractivity contribution in [3.63, 3.8) is 0 Å². The Morgan fingerprint density at radius 2 is 1.89 bits per heavy atom. The number of hydrogen-bond donors (Lipinski definition) is 2. The molecule has 5 heteroatoms. The molecular weight excluding hydrogens is 328 g/mol. The molecule has 0 aliphatic rings. The summed E-state index contributed by atoms with van der Waals surface area (Å²) in [6, 6.07) is 12.5. The van der Waals surface area contributed by atoms with Crippen molar-refractivity contribution in [2.75, 3.05) is 10.6 Å². The molecule has 0 saturated carbocycles. The largest absolute Gasteiger partial charge is 0.323 e. The van der Waals surface area contributed by atoms with Crippen LogP contribution in [0.5, 0.6) is 0 Å². The maximum atomic E-state index is 11.9. The van der Waals surface area contributed by atoms with Gasteiger partial charge in [-0.1, -0.05) is 39.7 Å². The number of anilines is 2. The van der Waals surface area contributed by atoms with Gasteiger partial charge in [0.25, 0.3) is 0 Å². The Morgan fingerprint density at radius 3 is 2.63 bits per heavy atom. The van der Waals surface area contributed by atoms with Gasteiger partial charge in [-0.2, -0.15) is 0 Å². The first-order valence-electron chi connectivity index (χ1n) is 5.65. The number of benzene rings is 2. The SMILES string of the molecule is Cc1c(Cl)cccc1NC(=O)Nc1cccc(Br)c1. The standard InChI is InChI=1S/C14H12BrClN2O/c1-9-12(16)6-3-7-13(9)18-14(19)17-11-5-2-4-10(15)8-11/h2-8H,1H3,(H2,17,18,19). The summed E-state index contributed by atoms with van der Waals surface area (Å²) in [6.45, 7) is 1.86. The molecule has 3 nitrogen and oxygen atoms in total. The summed E-state index contributed by atoms with van der Waals surface area (Å²) in [4.78, 5) is 11.9. The van der Waals surface area contributed by atoms with Gasteiger partial charge in [0.15, 0.2) is 0 Å². The summed E-state index contributed by atoms with van der Waals surface area (Å²) in [6.07, 6.45) is 0.